The maximum absolute atomic E-state index is 5.86. The molecule has 0 unspecified atom stereocenters. The monoisotopic (exact) mass is 281 g/mol. The predicted octanol–water partition coefficient (Wildman–Crippen LogP) is 3.00. The molecule has 4 nitrogen and oxygen atoms in total. The molecule has 0 amide bonds. The molecule has 1 N–H and O–H groups in total. The summed E-state index contributed by atoms with van der Waals surface area (Å²) in [5, 5.41) is 3.40. The van der Waals surface area contributed by atoms with Crippen molar-refractivity contribution in [2.75, 3.05) is 26.9 Å². The summed E-state index contributed by atoms with van der Waals surface area (Å²) in [4.78, 5) is 0. The normalized spacial score (nSPS) is 10.8. The van der Waals surface area contributed by atoms with Crippen LogP contribution in [-0.2, 0) is 11.3 Å². The van der Waals surface area contributed by atoms with Gasteiger partial charge in [-0.3, -0.25) is 0 Å². The highest BCUT2D eigenvalue weighted by molar-refractivity contribution is 5.40. The lowest BCUT2D eigenvalue weighted by atomic mass is 10.2. The summed E-state index contributed by atoms with van der Waals surface area (Å²) in [6, 6.07) is 6.40. The van der Waals surface area contributed by atoms with E-state index in [1.54, 1.807) is 7.11 Å². The van der Waals surface area contributed by atoms with E-state index in [-0.39, 0.29) is 0 Å². The molecule has 1 aromatic carbocycles. The maximum Gasteiger partial charge on any atom is 0.127 e. The van der Waals surface area contributed by atoms with Crippen LogP contribution in [0.1, 0.15) is 32.8 Å². The zero-order valence-electron chi connectivity index (χ0n) is 13.1. The van der Waals surface area contributed by atoms with Crippen molar-refractivity contribution in [1.29, 1.82) is 0 Å². The van der Waals surface area contributed by atoms with E-state index in [2.05, 4.69) is 19.2 Å². The van der Waals surface area contributed by atoms with Crippen LogP contribution in [0.25, 0.3) is 0 Å². The Labute approximate surface area is 122 Å². The van der Waals surface area contributed by atoms with Crippen molar-refractivity contribution >= 4 is 0 Å². The summed E-state index contributed by atoms with van der Waals surface area (Å²) in [5.41, 5.74) is 1.15. The van der Waals surface area contributed by atoms with Crippen molar-refractivity contribution in [3.63, 3.8) is 0 Å². The molecule has 0 atom stereocenters. The standard InChI is InChI=1S/C16H27NO3/c1-5-19-9-6-10-20-16-11-15(18-4)8-7-14(16)12-17-13(2)3/h7-8,11,13,17H,5-6,9-10,12H2,1-4H3. The number of benzene rings is 1. The fourth-order valence-corrected chi connectivity index (χ4v) is 1.74. The summed E-state index contributed by atoms with van der Waals surface area (Å²) in [7, 11) is 1.67. The van der Waals surface area contributed by atoms with Gasteiger partial charge in [-0.25, -0.2) is 0 Å². The predicted molar refractivity (Wildman–Crippen MR) is 81.6 cm³/mol. The number of hydrogen-bond acceptors (Lipinski definition) is 4. The Morgan fingerprint density at radius 1 is 1.20 bits per heavy atom. The van der Waals surface area contributed by atoms with E-state index in [9.17, 15) is 0 Å². The second-order valence-corrected chi connectivity index (χ2v) is 4.91. The lowest BCUT2D eigenvalue weighted by Crippen LogP contribution is -2.22. The third kappa shape index (κ3) is 6.26. The lowest BCUT2D eigenvalue weighted by Gasteiger charge is -2.15. The largest absolute Gasteiger partial charge is 0.497 e. The van der Waals surface area contributed by atoms with Crippen LogP contribution >= 0.6 is 0 Å². The molecule has 0 radical (unpaired) electrons. The van der Waals surface area contributed by atoms with E-state index in [4.69, 9.17) is 14.2 Å². The number of rotatable bonds is 10. The third-order valence-corrected chi connectivity index (χ3v) is 2.87. The number of nitrogens with one attached hydrogen (secondary N) is 1. The van der Waals surface area contributed by atoms with Crippen LogP contribution in [-0.4, -0.2) is 33.0 Å². The molecule has 114 valence electrons. The van der Waals surface area contributed by atoms with Gasteiger partial charge in [-0.05, 0) is 13.0 Å². The Morgan fingerprint density at radius 3 is 2.65 bits per heavy atom. The number of methoxy groups -OCH3 is 1. The molecule has 1 aromatic rings. The van der Waals surface area contributed by atoms with Gasteiger partial charge < -0.3 is 19.5 Å². The van der Waals surface area contributed by atoms with Crippen molar-refractivity contribution < 1.29 is 14.2 Å². The van der Waals surface area contributed by atoms with Gasteiger partial charge in [-0.1, -0.05) is 19.9 Å². The van der Waals surface area contributed by atoms with Crippen LogP contribution in [0.4, 0.5) is 0 Å². The van der Waals surface area contributed by atoms with Gasteiger partial charge in [0, 0.05) is 43.9 Å². The maximum atomic E-state index is 5.86. The molecular formula is C16H27NO3. The number of ether oxygens (including phenoxy) is 3. The molecule has 0 aliphatic carbocycles. The van der Waals surface area contributed by atoms with Crippen molar-refractivity contribution in [1.82, 2.24) is 5.32 Å². The molecule has 0 aliphatic rings. The first kappa shape index (κ1) is 16.8. The quantitative estimate of drug-likeness (QED) is 0.669. The average Bonchev–Trinajstić information content (AvgIpc) is 2.45. The topological polar surface area (TPSA) is 39.7 Å². The first-order valence-corrected chi connectivity index (χ1v) is 7.28. The fraction of sp³-hybridized carbons (Fsp3) is 0.625. The molecule has 0 saturated carbocycles. The molecular weight excluding hydrogens is 254 g/mol. The zero-order valence-corrected chi connectivity index (χ0v) is 13.1. The minimum absolute atomic E-state index is 0.447. The van der Waals surface area contributed by atoms with Gasteiger partial charge in [0.15, 0.2) is 0 Å². The Balaban J connectivity index is 2.58. The second kappa shape index (κ2) is 9.61. The molecule has 0 saturated heterocycles. The van der Waals surface area contributed by atoms with E-state index in [0.29, 0.717) is 12.6 Å². The third-order valence-electron chi connectivity index (χ3n) is 2.87. The second-order valence-electron chi connectivity index (χ2n) is 4.91. The van der Waals surface area contributed by atoms with Gasteiger partial charge in [0.2, 0.25) is 0 Å². The van der Waals surface area contributed by atoms with Gasteiger partial charge in [-0.15, -0.1) is 0 Å². The highest BCUT2D eigenvalue weighted by Crippen LogP contribution is 2.25. The van der Waals surface area contributed by atoms with Crippen molar-refractivity contribution in [3.05, 3.63) is 23.8 Å². The van der Waals surface area contributed by atoms with Crippen molar-refractivity contribution in [2.24, 2.45) is 0 Å². The Hall–Kier alpha value is -1.26. The van der Waals surface area contributed by atoms with Gasteiger partial charge in [0.25, 0.3) is 0 Å². The van der Waals surface area contributed by atoms with Crippen LogP contribution in [0.15, 0.2) is 18.2 Å². The Bertz CT molecular complexity index is 380. The van der Waals surface area contributed by atoms with Crippen LogP contribution in [0.5, 0.6) is 11.5 Å². The highest BCUT2D eigenvalue weighted by atomic mass is 16.5. The van der Waals surface area contributed by atoms with E-state index >= 15 is 0 Å². The van der Waals surface area contributed by atoms with Crippen molar-refractivity contribution in [2.45, 2.75) is 39.8 Å². The smallest absolute Gasteiger partial charge is 0.127 e. The molecule has 1 rings (SSSR count). The average molecular weight is 281 g/mol. The van der Waals surface area contributed by atoms with Gasteiger partial charge >= 0.3 is 0 Å². The number of hydrogen-bond donors (Lipinski definition) is 1. The van der Waals surface area contributed by atoms with E-state index in [0.717, 1.165) is 43.2 Å². The molecule has 0 fully saturated rings. The molecule has 0 aliphatic heterocycles. The minimum Gasteiger partial charge on any atom is -0.497 e. The van der Waals surface area contributed by atoms with Crippen LogP contribution < -0.4 is 14.8 Å². The fourth-order valence-electron chi connectivity index (χ4n) is 1.74. The molecule has 0 aromatic heterocycles. The highest BCUT2D eigenvalue weighted by Gasteiger charge is 2.06. The summed E-state index contributed by atoms with van der Waals surface area (Å²) in [6.45, 7) is 9.20. The molecule has 0 heterocycles. The van der Waals surface area contributed by atoms with E-state index in [1.165, 1.54) is 0 Å². The van der Waals surface area contributed by atoms with E-state index < -0.39 is 0 Å². The first-order valence-electron chi connectivity index (χ1n) is 7.28. The van der Waals surface area contributed by atoms with Gasteiger partial charge in [0.1, 0.15) is 11.5 Å². The molecule has 0 spiro atoms. The molecule has 0 bridgehead atoms. The SMILES string of the molecule is CCOCCCOc1cc(OC)ccc1CNC(C)C. The molecule has 20 heavy (non-hydrogen) atoms. The van der Waals surface area contributed by atoms with Gasteiger partial charge in [0.05, 0.1) is 13.7 Å². The summed E-state index contributed by atoms with van der Waals surface area (Å²) < 4.78 is 16.4. The van der Waals surface area contributed by atoms with Crippen molar-refractivity contribution in [3.8, 4) is 11.5 Å². The summed E-state index contributed by atoms with van der Waals surface area (Å²) >= 11 is 0. The zero-order chi connectivity index (χ0) is 14.8. The van der Waals surface area contributed by atoms with Crippen LogP contribution in [0.2, 0.25) is 0 Å². The summed E-state index contributed by atoms with van der Waals surface area (Å²) in [6.07, 6.45) is 0.891. The van der Waals surface area contributed by atoms with Crippen LogP contribution in [0.3, 0.4) is 0 Å². The Morgan fingerprint density at radius 2 is 2.00 bits per heavy atom. The molecule has 4 heteroatoms. The Kier molecular flexibility index (Phi) is 8.07. The van der Waals surface area contributed by atoms with Crippen LogP contribution in [0, 0.1) is 0 Å². The van der Waals surface area contributed by atoms with E-state index in [1.807, 2.05) is 25.1 Å². The van der Waals surface area contributed by atoms with Gasteiger partial charge in [-0.2, -0.15) is 0 Å². The lowest BCUT2D eigenvalue weighted by molar-refractivity contribution is 0.130. The minimum atomic E-state index is 0.447. The summed E-state index contributed by atoms with van der Waals surface area (Å²) in [5.74, 6) is 1.70. The first-order chi connectivity index (χ1) is 9.67.